The number of anilines is 1. The third-order valence-electron chi connectivity index (χ3n) is 5.15. The highest BCUT2D eigenvalue weighted by Crippen LogP contribution is 2.22. The number of carbonyl (C=O) groups excluding carboxylic acids is 1. The highest BCUT2D eigenvalue weighted by molar-refractivity contribution is 5.92. The molecule has 1 fully saturated rings. The summed E-state index contributed by atoms with van der Waals surface area (Å²) in [7, 11) is 0. The zero-order chi connectivity index (χ0) is 17.6. The van der Waals surface area contributed by atoms with Gasteiger partial charge in [0.1, 0.15) is 17.3 Å². The van der Waals surface area contributed by atoms with E-state index in [0.29, 0.717) is 24.0 Å². The van der Waals surface area contributed by atoms with Crippen LogP contribution in [0.1, 0.15) is 68.2 Å². The number of carbonyl (C=O) groups is 1. The summed E-state index contributed by atoms with van der Waals surface area (Å²) in [4.78, 5) is 23.7. The summed E-state index contributed by atoms with van der Waals surface area (Å²) in [6.07, 6.45) is 10.7. The number of hydrogen-bond donors (Lipinski definition) is 1. The smallest absolute Gasteiger partial charge is 0.270 e. The summed E-state index contributed by atoms with van der Waals surface area (Å²) in [6.45, 7) is 6.83. The van der Waals surface area contributed by atoms with Gasteiger partial charge in [-0.25, -0.2) is 9.97 Å². The molecule has 1 aliphatic carbocycles. The molecule has 1 N–H and O–H groups in total. The van der Waals surface area contributed by atoms with Crippen LogP contribution in [0.2, 0.25) is 0 Å². The van der Waals surface area contributed by atoms with Crippen LogP contribution in [-0.4, -0.2) is 35.5 Å². The lowest BCUT2D eigenvalue weighted by Crippen LogP contribution is -2.35. The molecule has 0 aromatic carbocycles. The molecule has 5 nitrogen and oxygen atoms in total. The van der Waals surface area contributed by atoms with Gasteiger partial charge >= 0.3 is 0 Å². The largest absolute Gasteiger partial charge is 0.356 e. The third kappa shape index (κ3) is 5.03. The van der Waals surface area contributed by atoms with Crippen molar-refractivity contribution in [1.29, 1.82) is 0 Å². The highest BCUT2D eigenvalue weighted by Gasteiger charge is 2.20. The molecule has 1 aromatic heterocycles. The first-order chi connectivity index (χ1) is 12.1. The van der Waals surface area contributed by atoms with Crippen LogP contribution in [0.3, 0.4) is 0 Å². The zero-order valence-electron chi connectivity index (χ0n) is 15.6. The lowest BCUT2D eigenvalue weighted by molar-refractivity contribution is 0.0948. The molecule has 2 heterocycles. The molecule has 2 aliphatic rings. The molecule has 1 unspecified atom stereocenters. The van der Waals surface area contributed by atoms with Crippen molar-refractivity contribution in [1.82, 2.24) is 15.3 Å². The van der Waals surface area contributed by atoms with Gasteiger partial charge in [0.2, 0.25) is 0 Å². The molecule has 25 heavy (non-hydrogen) atoms. The Morgan fingerprint density at radius 3 is 2.96 bits per heavy atom. The summed E-state index contributed by atoms with van der Waals surface area (Å²) in [5.74, 6) is 2.13. The Balaban J connectivity index is 1.60. The molecule has 0 radical (unpaired) electrons. The third-order valence-corrected chi connectivity index (χ3v) is 5.15. The van der Waals surface area contributed by atoms with Gasteiger partial charge in [-0.15, -0.1) is 0 Å². The van der Waals surface area contributed by atoms with E-state index in [4.69, 9.17) is 0 Å². The Kier molecular flexibility index (Phi) is 6.05. The molecule has 1 aliphatic heterocycles. The summed E-state index contributed by atoms with van der Waals surface area (Å²) >= 11 is 0. The van der Waals surface area contributed by atoms with E-state index >= 15 is 0 Å². The van der Waals surface area contributed by atoms with Gasteiger partial charge in [0.15, 0.2) is 0 Å². The quantitative estimate of drug-likeness (QED) is 0.830. The molecule has 0 saturated carbocycles. The Morgan fingerprint density at radius 2 is 2.20 bits per heavy atom. The van der Waals surface area contributed by atoms with E-state index in [2.05, 4.69) is 33.2 Å². The number of nitrogens with one attached hydrogen (secondary N) is 1. The second-order valence-electron chi connectivity index (χ2n) is 7.47. The van der Waals surface area contributed by atoms with E-state index in [1.807, 2.05) is 13.0 Å². The van der Waals surface area contributed by atoms with Crippen molar-refractivity contribution in [2.24, 2.45) is 5.92 Å². The van der Waals surface area contributed by atoms with Crippen LogP contribution in [0, 0.1) is 12.8 Å². The van der Waals surface area contributed by atoms with Crippen LogP contribution in [-0.2, 0) is 0 Å². The van der Waals surface area contributed by atoms with Gasteiger partial charge in [-0.1, -0.05) is 18.6 Å². The number of piperidine rings is 1. The molecule has 1 amide bonds. The second kappa shape index (κ2) is 8.45. The van der Waals surface area contributed by atoms with Gasteiger partial charge < -0.3 is 10.2 Å². The lowest BCUT2D eigenvalue weighted by atomic mass is 9.97. The fourth-order valence-electron chi connectivity index (χ4n) is 3.79. The maximum absolute atomic E-state index is 12.5. The van der Waals surface area contributed by atoms with E-state index in [9.17, 15) is 4.79 Å². The molecule has 1 atom stereocenters. The zero-order valence-corrected chi connectivity index (χ0v) is 15.6. The molecule has 3 rings (SSSR count). The standard InChI is InChI=1S/C20H30N4O/c1-15-7-6-12-24(14-15)19-13-18(22-16(2)23-19)20(25)21-11-10-17-8-4-3-5-9-17/h8,13,15H,3-7,9-12,14H2,1-2H3,(H,21,25). The minimum absolute atomic E-state index is 0.0896. The van der Waals surface area contributed by atoms with Crippen molar-refractivity contribution < 1.29 is 4.79 Å². The molecular weight excluding hydrogens is 312 g/mol. The number of amides is 1. The Labute approximate surface area is 150 Å². The number of rotatable bonds is 5. The van der Waals surface area contributed by atoms with Crippen LogP contribution in [0.4, 0.5) is 5.82 Å². The Morgan fingerprint density at radius 1 is 1.32 bits per heavy atom. The van der Waals surface area contributed by atoms with E-state index in [1.54, 1.807) is 0 Å². The molecule has 1 saturated heterocycles. The monoisotopic (exact) mass is 342 g/mol. The van der Waals surface area contributed by atoms with E-state index in [1.165, 1.54) is 44.1 Å². The molecule has 5 heteroatoms. The van der Waals surface area contributed by atoms with Gasteiger partial charge in [-0.2, -0.15) is 0 Å². The molecule has 1 aromatic rings. The van der Waals surface area contributed by atoms with Crippen LogP contribution in [0.15, 0.2) is 17.7 Å². The molecule has 0 bridgehead atoms. The first kappa shape index (κ1) is 17.9. The summed E-state index contributed by atoms with van der Waals surface area (Å²) in [5.41, 5.74) is 1.96. The van der Waals surface area contributed by atoms with Gasteiger partial charge in [0.05, 0.1) is 0 Å². The highest BCUT2D eigenvalue weighted by atomic mass is 16.1. The average molecular weight is 342 g/mol. The molecular formula is C20H30N4O. The van der Waals surface area contributed by atoms with Crippen molar-refractivity contribution >= 4 is 11.7 Å². The van der Waals surface area contributed by atoms with Crippen LogP contribution < -0.4 is 10.2 Å². The lowest BCUT2D eigenvalue weighted by Gasteiger charge is -2.32. The van der Waals surface area contributed by atoms with Gasteiger partial charge in [0.25, 0.3) is 5.91 Å². The second-order valence-corrected chi connectivity index (χ2v) is 7.47. The van der Waals surface area contributed by atoms with Crippen molar-refractivity contribution in [3.63, 3.8) is 0 Å². The normalized spacial score (nSPS) is 21.0. The number of nitrogens with zero attached hydrogens (tertiary/aromatic N) is 3. The number of hydrogen-bond acceptors (Lipinski definition) is 4. The van der Waals surface area contributed by atoms with Crippen molar-refractivity contribution in [3.8, 4) is 0 Å². The SMILES string of the molecule is Cc1nc(C(=O)NCCC2=CCCCC2)cc(N2CCCC(C)C2)n1. The Hall–Kier alpha value is -1.91. The number of aromatic nitrogens is 2. The fraction of sp³-hybridized carbons (Fsp3) is 0.650. The maximum Gasteiger partial charge on any atom is 0.270 e. The minimum atomic E-state index is -0.0896. The van der Waals surface area contributed by atoms with Crippen molar-refractivity contribution in [3.05, 3.63) is 29.2 Å². The minimum Gasteiger partial charge on any atom is -0.356 e. The summed E-state index contributed by atoms with van der Waals surface area (Å²) in [6, 6.07) is 1.85. The average Bonchev–Trinajstić information content (AvgIpc) is 2.62. The molecule has 0 spiro atoms. The molecule has 136 valence electrons. The van der Waals surface area contributed by atoms with Crippen molar-refractivity contribution in [2.45, 2.75) is 58.8 Å². The van der Waals surface area contributed by atoms with Gasteiger partial charge in [0, 0.05) is 25.7 Å². The Bertz CT molecular complexity index is 641. The van der Waals surface area contributed by atoms with Crippen LogP contribution in [0.5, 0.6) is 0 Å². The first-order valence-electron chi connectivity index (χ1n) is 9.68. The predicted molar refractivity (Wildman–Crippen MR) is 101 cm³/mol. The van der Waals surface area contributed by atoms with E-state index < -0.39 is 0 Å². The van der Waals surface area contributed by atoms with Crippen LogP contribution >= 0.6 is 0 Å². The van der Waals surface area contributed by atoms with Crippen LogP contribution in [0.25, 0.3) is 0 Å². The topological polar surface area (TPSA) is 58.1 Å². The number of allylic oxidation sites excluding steroid dienone is 1. The van der Waals surface area contributed by atoms with Crippen molar-refractivity contribution in [2.75, 3.05) is 24.5 Å². The first-order valence-corrected chi connectivity index (χ1v) is 9.68. The number of aryl methyl sites for hydroxylation is 1. The van der Waals surface area contributed by atoms with Gasteiger partial charge in [-0.3, -0.25) is 4.79 Å². The summed E-state index contributed by atoms with van der Waals surface area (Å²) in [5, 5.41) is 3.02. The maximum atomic E-state index is 12.5. The van der Waals surface area contributed by atoms with Gasteiger partial charge in [-0.05, 0) is 57.8 Å². The fourth-order valence-corrected chi connectivity index (χ4v) is 3.79. The predicted octanol–water partition coefficient (Wildman–Crippen LogP) is 3.64. The summed E-state index contributed by atoms with van der Waals surface area (Å²) < 4.78 is 0. The van der Waals surface area contributed by atoms with E-state index in [0.717, 1.165) is 25.3 Å². The van der Waals surface area contributed by atoms with E-state index in [-0.39, 0.29) is 5.91 Å².